The monoisotopic (exact) mass is 276 g/mol. The average molecular weight is 277 g/mol. The van der Waals surface area contributed by atoms with E-state index in [1.54, 1.807) is 11.3 Å². The van der Waals surface area contributed by atoms with Crippen LogP contribution in [0.5, 0.6) is 0 Å². The van der Waals surface area contributed by atoms with Crippen LogP contribution in [-0.2, 0) is 4.74 Å². The zero-order chi connectivity index (χ0) is 9.80. The number of anilines is 1. The van der Waals surface area contributed by atoms with E-state index >= 15 is 0 Å². The van der Waals surface area contributed by atoms with E-state index in [1.165, 1.54) is 5.00 Å². The van der Waals surface area contributed by atoms with Gasteiger partial charge in [0, 0.05) is 19.1 Å². The van der Waals surface area contributed by atoms with Crippen molar-refractivity contribution < 1.29 is 4.74 Å². The summed E-state index contributed by atoms with van der Waals surface area (Å²) in [7, 11) is 0. The van der Waals surface area contributed by atoms with Crippen LogP contribution in [0, 0.1) is 0 Å². The van der Waals surface area contributed by atoms with Gasteiger partial charge in [0.25, 0.3) is 0 Å². The summed E-state index contributed by atoms with van der Waals surface area (Å²) in [6, 6.07) is 4.57. The van der Waals surface area contributed by atoms with Crippen LogP contribution < -0.4 is 10.6 Å². The third kappa shape index (κ3) is 2.95. The highest BCUT2D eigenvalue weighted by Gasteiger charge is 2.12. The molecule has 1 aliphatic heterocycles. The molecule has 2 heterocycles. The Morgan fingerprint density at radius 3 is 3.21 bits per heavy atom. The molecule has 3 nitrogen and oxygen atoms in total. The van der Waals surface area contributed by atoms with Gasteiger partial charge in [0.15, 0.2) is 0 Å². The second kappa shape index (κ2) is 5.11. The van der Waals surface area contributed by atoms with Crippen molar-refractivity contribution in [2.75, 3.05) is 31.6 Å². The van der Waals surface area contributed by atoms with Crippen molar-refractivity contribution in [3.05, 3.63) is 15.9 Å². The Labute approximate surface area is 96.0 Å². The summed E-state index contributed by atoms with van der Waals surface area (Å²) in [6.45, 7) is 3.52. The standard InChI is InChI=1S/C9H13BrN2OS/c10-8-1-2-9(14-8)12-5-7-6-13-4-3-11-7/h1-2,7,11-12H,3-6H2. The van der Waals surface area contributed by atoms with Crippen molar-refractivity contribution in [3.63, 3.8) is 0 Å². The average Bonchev–Trinajstić information content (AvgIpc) is 2.63. The minimum Gasteiger partial charge on any atom is -0.378 e. The van der Waals surface area contributed by atoms with Gasteiger partial charge in [0.05, 0.1) is 22.0 Å². The van der Waals surface area contributed by atoms with Crippen LogP contribution in [-0.4, -0.2) is 32.3 Å². The molecule has 1 aromatic heterocycles. The maximum Gasteiger partial charge on any atom is 0.0894 e. The second-order valence-corrected chi connectivity index (χ2v) is 5.67. The minimum atomic E-state index is 0.435. The van der Waals surface area contributed by atoms with Crippen LogP contribution in [0.3, 0.4) is 0 Å². The Balaban J connectivity index is 1.76. The molecule has 0 saturated carbocycles. The van der Waals surface area contributed by atoms with Crippen molar-refractivity contribution in [2.45, 2.75) is 6.04 Å². The number of thiophene rings is 1. The van der Waals surface area contributed by atoms with Crippen molar-refractivity contribution in [1.82, 2.24) is 5.32 Å². The van der Waals surface area contributed by atoms with E-state index in [0.29, 0.717) is 6.04 Å². The topological polar surface area (TPSA) is 33.3 Å². The highest BCUT2D eigenvalue weighted by atomic mass is 79.9. The Kier molecular flexibility index (Phi) is 3.81. The zero-order valence-corrected chi connectivity index (χ0v) is 10.2. The van der Waals surface area contributed by atoms with Crippen molar-refractivity contribution in [3.8, 4) is 0 Å². The molecule has 0 aliphatic carbocycles. The number of ether oxygens (including phenoxy) is 1. The van der Waals surface area contributed by atoms with Crippen molar-refractivity contribution >= 4 is 32.3 Å². The lowest BCUT2D eigenvalue weighted by atomic mass is 10.3. The number of rotatable bonds is 3. The molecule has 2 rings (SSSR count). The Morgan fingerprint density at radius 2 is 2.57 bits per heavy atom. The van der Waals surface area contributed by atoms with Crippen LogP contribution in [0.4, 0.5) is 5.00 Å². The molecule has 0 amide bonds. The van der Waals surface area contributed by atoms with Crippen LogP contribution in [0.2, 0.25) is 0 Å². The van der Waals surface area contributed by atoms with Crippen LogP contribution in [0.15, 0.2) is 15.9 Å². The molecule has 1 aromatic rings. The van der Waals surface area contributed by atoms with Gasteiger partial charge in [-0.25, -0.2) is 0 Å². The van der Waals surface area contributed by atoms with Gasteiger partial charge in [-0.1, -0.05) is 0 Å². The molecule has 14 heavy (non-hydrogen) atoms. The third-order valence-electron chi connectivity index (χ3n) is 2.09. The van der Waals surface area contributed by atoms with Gasteiger partial charge >= 0.3 is 0 Å². The normalized spacial score (nSPS) is 22.2. The molecule has 0 radical (unpaired) electrons. The molecule has 1 aliphatic rings. The number of hydrogen-bond donors (Lipinski definition) is 2. The maximum absolute atomic E-state index is 5.37. The fourth-order valence-electron chi connectivity index (χ4n) is 1.38. The summed E-state index contributed by atoms with van der Waals surface area (Å²) in [4.78, 5) is 0. The fourth-order valence-corrected chi connectivity index (χ4v) is 2.68. The Morgan fingerprint density at radius 1 is 1.64 bits per heavy atom. The first-order valence-corrected chi connectivity index (χ1v) is 6.26. The molecule has 78 valence electrons. The molecule has 2 N–H and O–H groups in total. The number of nitrogens with one attached hydrogen (secondary N) is 2. The third-order valence-corrected chi connectivity index (χ3v) is 3.68. The summed E-state index contributed by atoms with van der Waals surface area (Å²) >= 11 is 5.15. The van der Waals surface area contributed by atoms with Crippen molar-refractivity contribution in [1.29, 1.82) is 0 Å². The second-order valence-electron chi connectivity index (χ2n) is 3.21. The number of morpholine rings is 1. The number of halogens is 1. The predicted octanol–water partition coefficient (Wildman–Crippen LogP) is 1.91. The van der Waals surface area contributed by atoms with Gasteiger partial charge in [0.2, 0.25) is 0 Å². The molecule has 5 heteroatoms. The lowest BCUT2D eigenvalue weighted by molar-refractivity contribution is 0.0807. The molecule has 1 fully saturated rings. The molecule has 0 spiro atoms. The Bertz CT molecular complexity index is 286. The largest absolute Gasteiger partial charge is 0.378 e. The summed E-state index contributed by atoms with van der Waals surface area (Å²) in [5.74, 6) is 0. The van der Waals surface area contributed by atoms with Gasteiger partial charge < -0.3 is 15.4 Å². The van der Waals surface area contributed by atoms with E-state index in [0.717, 1.165) is 30.1 Å². The van der Waals surface area contributed by atoms with E-state index < -0.39 is 0 Å². The van der Waals surface area contributed by atoms with Gasteiger partial charge in [-0.3, -0.25) is 0 Å². The lowest BCUT2D eigenvalue weighted by Crippen LogP contribution is -2.45. The predicted molar refractivity (Wildman–Crippen MR) is 63.1 cm³/mol. The fraction of sp³-hybridized carbons (Fsp3) is 0.556. The summed E-state index contributed by atoms with van der Waals surface area (Å²) in [5.41, 5.74) is 0. The van der Waals surface area contributed by atoms with E-state index in [9.17, 15) is 0 Å². The molecular formula is C9H13BrN2OS. The Hall–Kier alpha value is -0.100. The van der Waals surface area contributed by atoms with E-state index in [2.05, 4.69) is 38.7 Å². The first-order chi connectivity index (χ1) is 6.84. The van der Waals surface area contributed by atoms with Crippen molar-refractivity contribution in [2.24, 2.45) is 0 Å². The van der Waals surface area contributed by atoms with Crippen LogP contribution in [0.25, 0.3) is 0 Å². The van der Waals surface area contributed by atoms with Crippen LogP contribution >= 0.6 is 27.3 Å². The van der Waals surface area contributed by atoms with Gasteiger partial charge in [-0.15, -0.1) is 11.3 Å². The van der Waals surface area contributed by atoms with Gasteiger partial charge in [-0.05, 0) is 28.1 Å². The summed E-state index contributed by atoms with van der Waals surface area (Å²) < 4.78 is 6.53. The van der Waals surface area contributed by atoms with E-state index in [-0.39, 0.29) is 0 Å². The number of hydrogen-bond acceptors (Lipinski definition) is 4. The molecule has 1 unspecified atom stereocenters. The quantitative estimate of drug-likeness (QED) is 0.885. The lowest BCUT2D eigenvalue weighted by Gasteiger charge is -2.23. The smallest absolute Gasteiger partial charge is 0.0894 e. The summed E-state index contributed by atoms with van der Waals surface area (Å²) in [5, 5.41) is 7.98. The molecule has 0 aromatic carbocycles. The maximum atomic E-state index is 5.37. The van der Waals surface area contributed by atoms with Gasteiger partial charge in [-0.2, -0.15) is 0 Å². The van der Waals surface area contributed by atoms with Gasteiger partial charge in [0.1, 0.15) is 0 Å². The minimum absolute atomic E-state index is 0.435. The summed E-state index contributed by atoms with van der Waals surface area (Å²) in [6.07, 6.45) is 0. The highest BCUT2D eigenvalue weighted by molar-refractivity contribution is 9.11. The molecular weight excluding hydrogens is 264 g/mol. The van der Waals surface area contributed by atoms with E-state index in [4.69, 9.17) is 4.74 Å². The molecule has 0 bridgehead atoms. The SMILES string of the molecule is Brc1ccc(NCC2COCCN2)s1. The zero-order valence-electron chi connectivity index (χ0n) is 7.75. The first kappa shape index (κ1) is 10.4. The van der Waals surface area contributed by atoms with E-state index in [1.807, 2.05) is 0 Å². The molecule has 1 atom stereocenters. The first-order valence-electron chi connectivity index (χ1n) is 4.65. The van der Waals surface area contributed by atoms with Crippen LogP contribution in [0.1, 0.15) is 0 Å². The molecule has 1 saturated heterocycles. The highest BCUT2D eigenvalue weighted by Crippen LogP contribution is 2.26.